The Morgan fingerprint density at radius 1 is 1.17 bits per heavy atom. The third kappa shape index (κ3) is 2.80. The molecule has 3 unspecified atom stereocenters. The number of hydrogen-bond acceptors (Lipinski definition) is 0. The maximum Gasteiger partial charge on any atom is 0.0893 e. The zero-order chi connectivity index (χ0) is 11.7. The molecule has 2 heteroatoms. The normalized spacial score (nSPS) is 33.4. The van der Waals surface area contributed by atoms with Crippen molar-refractivity contribution in [3.63, 3.8) is 0 Å². The van der Waals surface area contributed by atoms with Gasteiger partial charge >= 0.3 is 0 Å². The van der Waals surface area contributed by atoms with Crippen molar-refractivity contribution in [3.05, 3.63) is 35.9 Å². The molecule has 0 aromatic heterocycles. The first-order valence-electron chi connectivity index (χ1n) is 7.14. The van der Waals surface area contributed by atoms with E-state index in [1.807, 2.05) is 0 Å². The molecule has 0 amide bonds. The average molecular weight is 310 g/mol. The number of benzene rings is 1. The van der Waals surface area contributed by atoms with E-state index in [0.29, 0.717) is 0 Å². The van der Waals surface area contributed by atoms with E-state index in [2.05, 4.69) is 37.4 Å². The van der Waals surface area contributed by atoms with Gasteiger partial charge in [-0.1, -0.05) is 30.3 Å². The quantitative estimate of drug-likeness (QED) is 0.700. The molecular formula is C16H24BrN. The Morgan fingerprint density at radius 2 is 1.94 bits per heavy atom. The van der Waals surface area contributed by atoms with Crippen LogP contribution in [-0.4, -0.2) is 30.7 Å². The van der Waals surface area contributed by atoms with Crippen LogP contribution in [-0.2, 0) is 6.42 Å². The van der Waals surface area contributed by atoms with Crippen LogP contribution in [0.15, 0.2) is 30.3 Å². The van der Waals surface area contributed by atoms with Crippen LogP contribution in [0.5, 0.6) is 0 Å². The summed E-state index contributed by atoms with van der Waals surface area (Å²) in [7, 11) is 2.49. The van der Waals surface area contributed by atoms with Gasteiger partial charge in [0.25, 0.3) is 0 Å². The van der Waals surface area contributed by atoms with Crippen molar-refractivity contribution >= 4 is 0 Å². The Hall–Kier alpha value is -0.340. The second-order valence-electron chi connectivity index (χ2n) is 6.31. The molecule has 2 fully saturated rings. The lowest BCUT2D eigenvalue weighted by atomic mass is 10.1. The Morgan fingerprint density at radius 3 is 2.56 bits per heavy atom. The smallest absolute Gasteiger partial charge is 0.0893 e. The summed E-state index contributed by atoms with van der Waals surface area (Å²) in [4.78, 5) is 0. The maximum atomic E-state index is 2.49. The molecule has 0 spiro atoms. The first-order valence-corrected chi connectivity index (χ1v) is 7.14. The third-order valence-corrected chi connectivity index (χ3v) is 5.05. The zero-order valence-electron chi connectivity index (χ0n) is 11.3. The number of aryl methyl sites for hydroxylation is 1. The van der Waals surface area contributed by atoms with E-state index in [1.54, 1.807) is 0 Å². The fourth-order valence-corrected chi connectivity index (χ4v) is 4.08. The first-order chi connectivity index (χ1) is 8.26. The lowest BCUT2D eigenvalue weighted by Gasteiger charge is -2.38. The summed E-state index contributed by atoms with van der Waals surface area (Å²) < 4.78 is 1.37. The molecule has 3 rings (SSSR count). The predicted molar refractivity (Wildman–Crippen MR) is 71.8 cm³/mol. The molecule has 2 bridgehead atoms. The molecule has 1 aliphatic carbocycles. The monoisotopic (exact) mass is 309 g/mol. The molecule has 1 aliphatic heterocycles. The average Bonchev–Trinajstić information content (AvgIpc) is 2.90. The topological polar surface area (TPSA) is 0 Å². The van der Waals surface area contributed by atoms with Gasteiger partial charge in [-0.2, -0.15) is 0 Å². The zero-order valence-corrected chi connectivity index (χ0v) is 12.9. The van der Waals surface area contributed by atoms with E-state index in [1.165, 1.54) is 55.2 Å². The Bertz CT molecular complexity index is 378. The highest BCUT2D eigenvalue weighted by Gasteiger charge is 2.47. The summed E-state index contributed by atoms with van der Waals surface area (Å²) in [6.45, 7) is 2.84. The van der Waals surface area contributed by atoms with Gasteiger partial charge in [-0.3, -0.25) is 0 Å². The van der Waals surface area contributed by atoms with Crippen molar-refractivity contribution in [2.45, 2.75) is 38.1 Å². The van der Waals surface area contributed by atoms with Crippen LogP contribution in [0.4, 0.5) is 0 Å². The summed E-state index contributed by atoms with van der Waals surface area (Å²) in [5.41, 5.74) is 1.50. The second-order valence-corrected chi connectivity index (χ2v) is 6.31. The van der Waals surface area contributed by atoms with Crippen molar-refractivity contribution in [1.29, 1.82) is 0 Å². The molecule has 1 saturated heterocycles. The summed E-state index contributed by atoms with van der Waals surface area (Å²) >= 11 is 0. The van der Waals surface area contributed by atoms with Crippen molar-refractivity contribution < 1.29 is 21.5 Å². The van der Waals surface area contributed by atoms with Gasteiger partial charge in [0.2, 0.25) is 0 Å². The number of likely N-dealkylation sites (tertiary alicyclic amines) is 1. The summed E-state index contributed by atoms with van der Waals surface area (Å²) in [5, 5.41) is 0. The van der Waals surface area contributed by atoms with E-state index in [0.717, 1.165) is 12.0 Å². The molecule has 0 radical (unpaired) electrons. The molecule has 1 aromatic rings. The SMILES string of the molecule is C[N+]1(CCCc2ccccc2)CC2CCC1C2.[Br-]. The maximum absolute atomic E-state index is 2.49. The minimum Gasteiger partial charge on any atom is -1.00 e. The summed E-state index contributed by atoms with van der Waals surface area (Å²) in [6.07, 6.45) is 7.13. The Labute approximate surface area is 122 Å². The van der Waals surface area contributed by atoms with E-state index in [9.17, 15) is 0 Å². The van der Waals surface area contributed by atoms with Gasteiger partial charge in [0.15, 0.2) is 0 Å². The second kappa shape index (κ2) is 5.75. The van der Waals surface area contributed by atoms with Gasteiger partial charge in [-0.05, 0) is 24.8 Å². The molecule has 1 nitrogen and oxygen atoms in total. The van der Waals surface area contributed by atoms with Crippen molar-refractivity contribution in [1.82, 2.24) is 0 Å². The Kier molecular flexibility index (Phi) is 4.50. The lowest BCUT2D eigenvalue weighted by molar-refractivity contribution is -0.926. The Balaban J connectivity index is 0.00000120. The number of fused-ring (bicyclic) bond motifs is 2. The molecular weight excluding hydrogens is 286 g/mol. The van der Waals surface area contributed by atoms with E-state index >= 15 is 0 Å². The molecule has 2 aliphatic rings. The molecule has 100 valence electrons. The molecule has 0 N–H and O–H groups in total. The van der Waals surface area contributed by atoms with Crippen LogP contribution in [0.3, 0.4) is 0 Å². The molecule has 18 heavy (non-hydrogen) atoms. The minimum absolute atomic E-state index is 0. The summed E-state index contributed by atoms with van der Waals surface area (Å²) in [6, 6.07) is 11.9. The van der Waals surface area contributed by atoms with Crippen molar-refractivity contribution in [2.24, 2.45) is 5.92 Å². The van der Waals surface area contributed by atoms with Crippen LogP contribution in [0, 0.1) is 5.92 Å². The largest absolute Gasteiger partial charge is 1.00 e. The fourth-order valence-electron chi connectivity index (χ4n) is 4.08. The number of piperidine rings is 1. The van der Waals surface area contributed by atoms with E-state index < -0.39 is 0 Å². The van der Waals surface area contributed by atoms with Gasteiger partial charge in [0.05, 0.1) is 26.2 Å². The minimum atomic E-state index is 0. The fraction of sp³-hybridized carbons (Fsp3) is 0.625. The summed E-state index contributed by atoms with van der Waals surface area (Å²) in [5.74, 6) is 1.06. The predicted octanol–water partition coefficient (Wildman–Crippen LogP) is 0.252. The highest BCUT2D eigenvalue weighted by molar-refractivity contribution is 5.14. The third-order valence-electron chi connectivity index (χ3n) is 5.05. The van der Waals surface area contributed by atoms with Gasteiger partial charge in [-0.15, -0.1) is 0 Å². The van der Waals surface area contributed by atoms with Gasteiger partial charge in [0, 0.05) is 18.8 Å². The van der Waals surface area contributed by atoms with Crippen LogP contribution in [0.1, 0.15) is 31.2 Å². The highest BCUT2D eigenvalue weighted by atomic mass is 79.9. The van der Waals surface area contributed by atoms with E-state index in [-0.39, 0.29) is 17.0 Å². The standard InChI is InChI=1S/C16H24N.BrH/c1-17(13-15-9-10-16(17)12-15)11-5-8-14-6-3-2-4-7-14;/h2-4,6-7,15-16H,5,8-13H2,1H3;1H/q+1;/p-1. The van der Waals surface area contributed by atoms with Gasteiger partial charge in [0.1, 0.15) is 0 Å². The molecule has 3 atom stereocenters. The molecule has 1 heterocycles. The number of halogens is 1. The van der Waals surface area contributed by atoms with Crippen LogP contribution >= 0.6 is 0 Å². The molecule has 1 aromatic carbocycles. The number of nitrogens with zero attached hydrogens (tertiary/aromatic N) is 1. The van der Waals surface area contributed by atoms with Crippen LogP contribution in [0.25, 0.3) is 0 Å². The number of rotatable bonds is 4. The van der Waals surface area contributed by atoms with E-state index in [4.69, 9.17) is 0 Å². The van der Waals surface area contributed by atoms with Crippen molar-refractivity contribution in [2.75, 3.05) is 20.1 Å². The highest BCUT2D eigenvalue weighted by Crippen LogP contribution is 2.41. The number of quaternary nitrogens is 1. The van der Waals surface area contributed by atoms with Crippen LogP contribution in [0.2, 0.25) is 0 Å². The van der Waals surface area contributed by atoms with Gasteiger partial charge < -0.3 is 21.5 Å². The first kappa shape index (κ1) is 14.1. The van der Waals surface area contributed by atoms with Gasteiger partial charge in [-0.25, -0.2) is 0 Å². The van der Waals surface area contributed by atoms with Crippen LogP contribution < -0.4 is 17.0 Å². The number of hydrogen-bond donors (Lipinski definition) is 0. The molecule has 1 saturated carbocycles. The lowest BCUT2D eigenvalue weighted by Crippen LogP contribution is -3.00. The van der Waals surface area contributed by atoms with Crippen molar-refractivity contribution in [3.8, 4) is 0 Å².